The summed E-state index contributed by atoms with van der Waals surface area (Å²) in [6.07, 6.45) is 0.499. The summed E-state index contributed by atoms with van der Waals surface area (Å²) >= 11 is 0. The average molecular weight is 291 g/mol. The Bertz CT molecular complexity index is 455. The molecule has 0 fully saturated rings. The Hall–Kier alpha value is -1.55. The molecular weight excluding hydrogens is 262 g/mol. The number of aryl methyl sites for hydroxylation is 1. The zero-order valence-corrected chi connectivity index (χ0v) is 14.0. The Kier molecular flexibility index (Phi) is 7.23. The van der Waals surface area contributed by atoms with Crippen LogP contribution in [0.1, 0.15) is 37.3 Å². The highest BCUT2D eigenvalue weighted by Gasteiger charge is 2.09. The van der Waals surface area contributed by atoms with Gasteiger partial charge in [0, 0.05) is 31.7 Å². The molecule has 0 saturated carbocycles. The maximum absolute atomic E-state index is 11.7. The SMILES string of the molecule is Cc1cccc(C(C)C)c1NCCC(=O)NCCN(C)C. The van der Waals surface area contributed by atoms with E-state index in [1.807, 2.05) is 14.1 Å². The van der Waals surface area contributed by atoms with Crippen molar-refractivity contribution in [2.24, 2.45) is 0 Å². The molecule has 0 radical (unpaired) electrons. The Morgan fingerprint density at radius 3 is 2.57 bits per heavy atom. The maximum atomic E-state index is 11.7. The summed E-state index contributed by atoms with van der Waals surface area (Å²) in [6.45, 7) is 8.72. The minimum Gasteiger partial charge on any atom is -0.384 e. The lowest BCUT2D eigenvalue weighted by atomic mass is 9.98. The summed E-state index contributed by atoms with van der Waals surface area (Å²) in [5, 5.41) is 6.35. The van der Waals surface area contributed by atoms with Gasteiger partial charge in [0.15, 0.2) is 0 Å². The zero-order valence-electron chi connectivity index (χ0n) is 14.0. The zero-order chi connectivity index (χ0) is 15.8. The monoisotopic (exact) mass is 291 g/mol. The van der Waals surface area contributed by atoms with Gasteiger partial charge in [-0.05, 0) is 38.1 Å². The molecule has 2 N–H and O–H groups in total. The first-order valence-electron chi connectivity index (χ1n) is 7.66. The van der Waals surface area contributed by atoms with Crippen molar-refractivity contribution in [2.75, 3.05) is 39.0 Å². The largest absolute Gasteiger partial charge is 0.384 e. The standard InChI is InChI=1S/C17H29N3O/c1-13(2)15-8-6-7-14(3)17(15)19-10-9-16(21)18-11-12-20(4)5/h6-8,13,19H,9-12H2,1-5H3,(H,18,21). The van der Waals surface area contributed by atoms with E-state index in [0.717, 1.165) is 6.54 Å². The van der Waals surface area contributed by atoms with Crippen LogP contribution in [-0.4, -0.2) is 44.5 Å². The first-order chi connectivity index (χ1) is 9.91. The normalized spacial score (nSPS) is 11.0. The molecule has 0 unspecified atom stereocenters. The van der Waals surface area contributed by atoms with Gasteiger partial charge in [-0.3, -0.25) is 4.79 Å². The van der Waals surface area contributed by atoms with Crippen LogP contribution < -0.4 is 10.6 Å². The summed E-state index contributed by atoms with van der Waals surface area (Å²) in [5.41, 5.74) is 3.71. The van der Waals surface area contributed by atoms with E-state index in [1.54, 1.807) is 0 Å². The molecule has 0 aliphatic heterocycles. The van der Waals surface area contributed by atoms with E-state index in [2.05, 4.69) is 54.5 Å². The lowest BCUT2D eigenvalue weighted by Crippen LogP contribution is -2.32. The van der Waals surface area contributed by atoms with Crippen LogP contribution in [0.25, 0.3) is 0 Å². The molecule has 0 saturated heterocycles. The predicted octanol–water partition coefficient (Wildman–Crippen LogP) is 2.60. The van der Waals surface area contributed by atoms with Gasteiger partial charge < -0.3 is 15.5 Å². The van der Waals surface area contributed by atoms with Gasteiger partial charge in [0.05, 0.1) is 0 Å². The molecule has 1 rings (SSSR count). The van der Waals surface area contributed by atoms with E-state index < -0.39 is 0 Å². The van der Waals surface area contributed by atoms with E-state index >= 15 is 0 Å². The van der Waals surface area contributed by atoms with Crippen LogP contribution in [0.3, 0.4) is 0 Å². The van der Waals surface area contributed by atoms with E-state index in [9.17, 15) is 4.79 Å². The van der Waals surface area contributed by atoms with Crippen molar-refractivity contribution in [3.8, 4) is 0 Å². The van der Waals surface area contributed by atoms with Crippen LogP contribution in [0.5, 0.6) is 0 Å². The first-order valence-corrected chi connectivity index (χ1v) is 7.66. The van der Waals surface area contributed by atoms with Crippen LogP contribution in [-0.2, 0) is 4.79 Å². The van der Waals surface area contributed by atoms with Crippen molar-refractivity contribution in [1.29, 1.82) is 0 Å². The van der Waals surface area contributed by atoms with E-state index in [0.29, 0.717) is 25.4 Å². The van der Waals surface area contributed by atoms with Gasteiger partial charge in [-0.1, -0.05) is 32.0 Å². The molecule has 0 heterocycles. The topological polar surface area (TPSA) is 44.4 Å². The Labute approximate surface area is 128 Å². The fraction of sp³-hybridized carbons (Fsp3) is 0.588. The number of carbonyl (C=O) groups excluding carboxylic acids is 1. The van der Waals surface area contributed by atoms with Crippen molar-refractivity contribution < 1.29 is 4.79 Å². The van der Waals surface area contributed by atoms with Crippen LogP contribution in [0, 0.1) is 6.92 Å². The number of rotatable bonds is 8. The third kappa shape index (κ3) is 6.17. The number of nitrogens with one attached hydrogen (secondary N) is 2. The summed E-state index contributed by atoms with van der Waals surface area (Å²) in [5.74, 6) is 0.574. The van der Waals surface area contributed by atoms with Crippen LogP contribution in [0.4, 0.5) is 5.69 Å². The van der Waals surface area contributed by atoms with Gasteiger partial charge in [-0.25, -0.2) is 0 Å². The van der Waals surface area contributed by atoms with Gasteiger partial charge >= 0.3 is 0 Å². The number of likely N-dealkylation sites (N-methyl/N-ethyl adjacent to an activating group) is 1. The van der Waals surface area contributed by atoms with Gasteiger partial charge in [0.1, 0.15) is 0 Å². The summed E-state index contributed by atoms with van der Waals surface area (Å²) in [7, 11) is 4.00. The number of carbonyl (C=O) groups is 1. The van der Waals surface area contributed by atoms with Crippen LogP contribution in [0.15, 0.2) is 18.2 Å². The highest BCUT2D eigenvalue weighted by molar-refractivity contribution is 5.76. The van der Waals surface area contributed by atoms with Crippen molar-refractivity contribution in [3.63, 3.8) is 0 Å². The Morgan fingerprint density at radius 2 is 1.95 bits per heavy atom. The number of amides is 1. The second kappa shape index (κ2) is 8.67. The fourth-order valence-electron chi connectivity index (χ4n) is 2.22. The molecule has 4 heteroatoms. The van der Waals surface area contributed by atoms with Crippen LogP contribution >= 0.6 is 0 Å². The summed E-state index contributed by atoms with van der Waals surface area (Å²) in [4.78, 5) is 13.8. The number of benzene rings is 1. The minimum atomic E-state index is 0.101. The highest BCUT2D eigenvalue weighted by Crippen LogP contribution is 2.27. The molecule has 1 aromatic rings. The van der Waals surface area contributed by atoms with Gasteiger partial charge in [-0.15, -0.1) is 0 Å². The second-order valence-corrected chi connectivity index (χ2v) is 6.02. The Morgan fingerprint density at radius 1 is 1.24 bits per heavy atom. The highest BCUT2D eigenvalue weighted by atomic mass is 16.1. The number of para-hydroxylation sites is 1. The summed E-state index contributed by atoms with van der Waals surface area (Å²) in [6, 6.07) is 6.34. The molecule has 1 amide bonds. The van der Waals surface area contributed by atoms with Gasteiger partial charge in [0.25, 0.3) is 0 Å². The lowest BCUT2D eigenvalue weighted by molar-refractivity contribution is -0.120. The van der Waals surface area contributed by atoms with Crippen molar-refractivity contribution in [3.05, 3.63) is 29.3 Å². The summed E-state index contributed by atoms with van der Waals surface area (Å²) < 4.78 is 0. The molecular formula is C17H29N3O. The van der Waals surface area contributed by atoms with Crippen molar-refractivity contribution in [1.82, 2.24) is 10.2 Å². The van der Waals surface area contributed by atoms with Gasteiger partial charge in [-0.2, -0.15) is 0 Å². The molecule has 0 aliphatic rings. The molecule has 1 aromatic carbocycles. The van der Waals surface area contributed by atoms with Gasteiger partial charge in [0.2, 0.25) is 5.91 Å². The number of anilines is 1. The van der Waals surface area contributed by atoms with Crippen LogP contribution in [0.2, 0.25) is 0 Å². The lowest BCUT2D eigenvalue weighted by Gasteiger charge is -2.17. The minimum absolute atomic E-state index is 0.101. The smallest absolute Gasteiger partial charge is 0.221 e. The molecule has 118 valence electrons. The van der Waals surface area contributed by atoms with E-state index in [1.165, 1.54) is 16.8 Å². The molecule has 0 aliphatic carbocycles. The first kappa shape index (κ1) is 17.5. The number of hydrogen-bond acceptors (Lipinski definition) is 3. The second-order valence-electron chi connectivity index (χ2n) is 6.02. The predicted molar refractivity (Wildman–Crippen MR) is 89.9 cm³/mol. The van der Waals surface area contributed by atoms with Crippen molar-refractivity contribution in [2.45, 2.75) is 33.1 Å². The molecule has 0 atom stereocenters. The Balaban J connectivity index is 2.44. The average Bonchev–Trinajstić information content (AvgIpc) is 2.39. The third-order valence-electron chi connectivity index (χ3n) is 3.46. The van der Waals surface area contributed by atoms with Crippen molar-refractivity contribution >= 4 is 11.6 Å². The third-order valence-corrected chi connectivity index (χ3v) is 3.46. The number of nitrogens with zero attached hydrogens (tertiary/aromatic N) is 1. The fourth-order valence-corrected chi connectivity index (χ4v) is 2.22. The van der Waals surface area contributed by atoms with E-state index in [4.69, 9.17) is 0 Å². The molecule has 0 bridgehead atoms. The number of hydrogen-bond donors (Lipinski definition) is 2. The molecule has 0 aromatic heterocycles. The maximum Gasteiger partial charge on any atom is 0.221 e. The molecule has 0 spiro atoms. The van der Waals surface area contributed by atoms with E-state index in [-0.39, 0.29) is 5.91 Å². The molecule has 4 nitrogen and oxygen atoms in total. The molecule has 21 heavy (non-hydrogen) atoms. The quantitative estimate of drug-likeness (QED) is 0.774.